The van der Waals surface area contributed by atoms with Crippen LogP contribution >= 0.6 is 22.7 Å². The third-order valence-corrected chi connectivity index (χ3v) is 8.75. The van der Waals surface area contributed by atoms with Gasteiger partial charge in [-0.25, -0.2) is 11.3 Å². The molecule has 193 valence electrons. The molecule has 0 spiro atoms. The average molecular weight is 731 g/mol. The third kappa shape index (κ3) is 3.61. The predicted octanol–water partition coefficient (Wildman–Crippen LogP) is 9.48. The quantitative estimate of drug-likeness (QED) is 0.163. The molecule has 3 nitrogen and oxygen atoms in total. The summed E-state index contributed by atoms with van der Waals surface area (Å²) in [7, 11) is 0. The number of para-hydroxylation sites is 1. The minimum atomic E-state index is -4.50. The van der Waals surface area contributed by atoms with Gasteiger partial charge in [0.2, 0.25) is 0 Å². The van der Waals surface area contributed by atoms with Crippen molar-refractivity contribution in [3.63, 3.8) is 0 Å². The van der Waals surface area contributed by atoms with Gasteiger partial charge in [-0.3, -0.25) is 9.55 Å². The van der Waals surface area contributed by atoms with Crippen LogP contribution in [0, 0.1) is 6.07 Å². The van der Waals surface area contributed by atoms with E-state index in [1.165, 1.54) is 16.2 Å². The van der Waals surface area contributed by atoms with E-state index in [-0.39, 0.29) is 31.1 Å². The fourth-order valence-electron chi connectivity index (χ4n) is 5.42. The van der Waals surface area contributed by atoms with Crippen molar-refractivity contribution in [3.8, 4) is 22.4 Å². The van der Waals surface area contributed by atoms with Crippen LogP contribution in [0.3, 0.4) is 0 Å². The second-order valence-corrected chi connectivity index (χ2v) is 10.8. The summed E-state index contributed by atoms with van der Waals surface area (Å²) in [6, 6.07) is 23.2. The fraction of sp³-hybridized carbons (Fsp3) is 0.0333. The molecule has 0 fully saturated rings. The zero-order valence-electron chi connectivity index (χ0n) is 19.8. The number of hydrogen-bond donors (Lipinski definition) is 0. The number of hydrogen-bond acceptors (Lipinski definition) is 3. The molecule has 0 saturated carbocycles. The number of pyridine rings is 1. The minimum absolute atomic E-state index is 0. The molecule has 0 amide bonds. The molecule has 3 aromatic carbocycles. The summed E-state index contributed by atoms with van der Waals surface area (Å²) in [5.74, 6) is 0. The number of nitrogens with zero attached hydrogens (tertiary/aromatic N) is 3. The first-order valence-electron chi connectivity index (χ1n) is 11.8. The molecule has 5 aromatic heterocycles. The monoisotopic (exact) mass is 731 g/mol. The first-order chi connectivity index (χ1) is 18.5. The van der Waals surface area contributed by atoms with Crippen molar-refractivity contribution in [1.29, 1.82) is 0 Å². The second-order valence-electron chi connectivity index (χ2n) is 9.20. The summed E-state index contributed by atoms with van der Waals surface area (Å²) in [6.45, 7) is 0. The van der Waals surface area contributed by atoms with Crippen molar-refractivity contribution >= 4 is 71.1 Å². The standard InChI is InChI=1S/C30H15F3N3S2.Ir/c31-30(32,33)36-25-4-2-1-3-20(25)22-13-19(9-10-26(22)36)17-5-7-18(8-6-17)24-14-35-27-16-37-15-23(27)28-21(11-12-38-28)29(35)34-24;/h1-10,12-16H;/q-1;. The second kappa shape index (κ2) is 8.76. The van der Waals surface area contributed by atoms with Crippen LogP contribution in [-0.2, 0) is 26.4 Å². The third-order valence-electron chi connectivity index (χ3n) is 7.12. The Morgan fingerprint density at radius 2 is 1.51 bits per heavy atom. The molecular weight excluding hydrogens is 716 g/mol. The molecule has 8 rings (SSSR count). The number of aromatic nitrogens is 3. The molecule has 8 aromatic rings. The van der Waals surface area contributed by atoms with Crippen LogP contribution in [0.15, 0.2) is 89.1 Å². The van der Waals surface area contributed by atoms with E-state index in [1.807, 2.05) is 35.7 Å². The molecule has 0 aliphatic heterocycles. The predicted molar refractivity (Wildman–Crippen MR) is 150 cm³/mol. The number of rotatable bonds is 2. The van der Waals surface area contributed by atoms with Crippen LogP contribution in [0.4, 0.5) is 13.2 Å². The van der Waals surface area contributed by atoms with Gasteiger partial charge in [0.1, 0.15) is 0 Å². The molecule has 0 unspecified atom stereocenters. The largest absolute Gasteiger partial charge is 0.489 e. The van der Waals surface area contributed by atoms with Crippen LogP contribution in [-0.4, -0.2) is 14.0 Å². The Morgan fingerprint density at radius 3 is 2.33 bits per heavy atom. The van der Waals surface area contributed by atoms with Gasteiger partial charge in [0.25, 0.3) is 0 Å². The van der Waals surface area contributed by atoms with Gasteiger partial charge in [0.05, 0.1) is 16.7 Å². The Labute approximate surface area is 241 Å². The SMILES string of the molecule is FC(F)(F)n1c2ccccc2c2cc(-c3ccc(-c4cn5c6cscc6c6sc[c-]c6c5n4)cc3)ccc21.[Ir]. The normalized spacial score (nSPS) is 12.3. The summed E-state index contributed by atoms with van der Waals surface area (Å²) in [5, 5.41) is 9.68. The maximum absolute atomic E-state index is 13.9. The van der Waals surface area contributed by atoms with Crippen LogP contribution in [0.2, 0.25) is 0 Å². The Kier molecular flexibility index (Phi) is 5.51. The van der Waals surface area contributed by atoms with Gasteiger partial charge in [-0.1, -0.05) is 58.6 Å². The van der Waals surface area contributed by atoms with E-state index < -0.39 is 6.30 Å². The first-order valence-corrected chi connectivity index (χ1v) is 13.7. The Hall–Kier alpha value is -3.49. The van der Waals surface area contributed by atoms with Crippen molar-refractivity contribution in [2.75, 3.05) is 0 Å². The summed E-state index contributed by atoms with van der Waals surface area (Å²) < 4.78 is 45.4. The van der Waals surface area contributed by atoms with E-state index >= 15 is 0 Å². The number of imidazole rings is 1. The van der Waals surface area contributed by atoms with E-state index in [0.29, 0.717) is 15.3 Å². The van der Waals surface area contributed by atoms with E-state index in [4.69, 9.17) is 4.98 Å². The maximum atomic E-state index is 13.9. The van der Waals surface area contributed by atoms with Gasteiger partial charge in [0.15, 0.2) is 0 Å². The smallest absolute Gasteiger partial charge is 0.353 e. The van der Waals surface area contributed by atoms with Gasteiger partial charge in [-0.05, 0) is 40.1 Å². The summed E-state index contributed by atoms with van der Waals surface area (Å²) in [6.07, 6.45) is -2.44. The van der Waals surface area contributed by atoms with Crippen molar-refractivity contribution in [2.24, 2.45) is 0 Å². The molecule has 9 heteroatoms. The van der Waals surface area contributed by atoms with Crippen molar-refractivity contribution in [1.82, 2.24) is 14.0 Å². The molecule has 0 aliphatic carbocycles. The number of fused-ring (bicyclic) bond motifs is 9. The number of alkyl halides is 3. The Balaban J connectivity index is 0.00000253. The Bertz CT molecular complexity index is 2120. The molecule has 1 radical (unpaired) electrons. The summed E-state index contributed by atoms with van der Waals surface area (Å²) in [5.41, 5.74) is 5.95. The minimum Gasteiger partial charge on any atom is -0.353 e. The molecule has 0 bridgehead atoms. The first kappa shape index (κ1) is 24.5. The molecule has 0 saturated heterocycles. The maximum Gasteiger partial charge on any atom is 0.489 e. The van der Waals surface area contributed by atoms with Gasteiger partial charge in [0, 0.05) is 59.2 Å². The van der Waals surface area contributed by atoms with Crippen molar-refractivity contribution in [3.05, 3.63) is 95.1 Å². The van der Waals surface area contributed by atoms with E-state index in [2.05, 4.69) is 27.4 Å². The molecule has 39 heavy (non-hydrogen) atoms. The number of thiophene rings is 2. The van der Waals surface area contributed by atoms with E-state index in [0.717, 1.165) is 38.9 Å². The fourth-order valence-corrected chi connectivity index (χ4v) is 7.16. The number of halogens is 3. The number of benzene rings is 3. The molecule has 0 aliphatic rings. The summed E-state index contributed by atoms with van der Waals surface area (Å²) in [4.78, 5) is 4.95. The van der Waals surface area contributed by atoms with E-state index in [9.17, 15) is 13.2 Å². The van der Waals surface area contributed by atoms with Gasteiger partial charge in [-0.15, -0.1) is 18.6 Å². The molecular formula is C30H15F3IrN3S2-. The topological polar surface area (TPSA) is 22.2 Å². The molecule has 5 heterocycles. The van der Waals surface area contributed by atoms with E-state index in [1.54, 1.807) is 53.0 Å². The van der Waals surface area contributed by atoms with Crippen LogP contribution in [0.25, 0.3) is 70.8 Å². The molecule has 0 atom stereocenters. The van der Waals surface area contributed by atoms with Crippen LogP contribution < -0.4 is 0 Å². The van der Waals surface area contributed by atoms with Gasteiger partial charge in [-0.2, -0.15) is 17.4 Å². The molecule has 0 N–H and O–H groups in total. The van der Waals surface area contributed by atoms with Gasteiger partial charge >= 0.3 is 6.30 Å². The van der Waals surface area contributed by atoms with Crippen LogP contribution in [0.1, 0.15) is 0 Å². The summed E-state index contributed by atoms with van der Waals surface area (Å²) >= 11 is 3.35. The Morgan fingerprint density at radius 1 is 0.769 bits per heavy atom. The zero-order valence-corrected chi connectivity index (χ0v) is 23.8. The van der Waals surface area contributed by atoms with Crippen molar-refractivity contribution in [2.45, 2.75) is 6.30 Å². The van der Waals surface area contributed by atoms with Gasteiger partial charge < -0.3 is 4.40 Å². The van der Waals surface area contributed by atoms with Crippen LogP contribution in [0.5, 0.6) is 0 Å². The van der Waals surface area contributed by atoms with Crippen molar-refractivity contribution < 1.29 is 33.3 Å². The zero-order chi connectivity index (χ0) is 25.6. The average Bonchev–Trinajstić information content (AvgIpc) is 3.70.